The van der Waals surface area contributed by atoms with Crippen LogP contribution in [0.2, 0.25) is 0 Å². The van der Waals surface area contributed by atoms with Crippen LogP contribution in [0.1, 0.15) is 11.8 Å². The number of aliphatic carboxylic acids is 1. The zero-order chi connectivity index (χ0) is 8.27. The molecule has 0 aliphatic heterocycles. The Bertz CT molecular complexity index is 228. The van der Waals surface area contributed by atoms with Crippen LogP contribution >= 0.6 is 11.3 Å². The maximum absolute atomic E-state index is 10.4. The zero-order valence-corrected chi connectivity index (χ0v) is 7.10. The summed E-state index contributed by atoms with van der Waals surface area (Å²) in [4.78, 5) is 11.6. The van der Waals surface area contributed by atoms with Gasteiger partial charge in [0.1, 0.15) is 0 Å². The average molecular weight is 170 g/mol. The van der Waals surface area contributed by atoms with Crippen LogP contribution in [0.25, 0.3) is 0 Å². The van der Waals surface area contributed by atoms with E-state index in [-0.39, 0.29) is 5.92 Å². The maximum atomic E-state index is 10.4. The Labute approximate surface area is 69.5 Å². The minimum atomic E-state index is -0.724. The first-order valence-corrected chi connectivity index (χ1v) is 4.33. The third-order valence-electron chi connectivity index (χ3n) is 1.51. The molecule has 1 aromatic rings. The summed E-state index contributed by atoms with van der Waals surface area (Å²) in [6, 6.07) is 3.90. The van der Waals surface area contributed by atoms with Crippen molar-refractivity contribution in [1.82, 2.24) is 0 Å². The molecule has 0 radical (unpaired) electrons. The molecule has 0 aliphatic rings. The lowest BCUT2D eigenvalue weighted by molar-refractivity contribution is -0.141. The van der Waals surface area contributed by atoms with Crippen LogP contribution in [0.5, 0.6) is 0 Å². The first-order valence-electron chi connectivity index (χ1n) is 3.45. The van der Waals surface area contributed by atoms with Gasteiger partial charge in [0.2, 0.25) is 0 Å². The fourth-order valence-corrected chi connectivity index (χ4v) is 1.65. The SMILES string of the molecule is CC(Cc1cccs1)C(=O)O. The second kappa shape index (κ2) is 3.53. The molecule has 0 amide bonds. The number of rotatable bonds is 3. The Balaban J connectivity index is 2.50. The van der Waals surface area contributed by atoms with Gasteiger partial charge in [-0.1, -0.05) is 13.0 Å². The van der Waals surface area contributed by atoms with Crippen LogP contribution in [0, 0.1) is 5.92 Å². The van der Waals surface area contributed by atoms with Gasteiger partial charge in [0.15, 0.2) is 0 Å². The highest BCUT2D eigenvalue weighted by Crippen LogP contribution is 2.13. The van der Waals surface area contributed by atoms with Gasteiger partial charge in [-0.25, -0.2) is 0 Å². The summed E-state index contributed by atoms with van der Waals surface area (Å²) >= 11 is 1.61. The van der Waals surface area contributed by atoms with Gasteiger partial charge in [-0.05, 0) is 17.9 Å². The molecule has 0 bridgehead atoms. The van der Waals surface area contributed by atoms with E-state index < -0.39 is 5.97 Å². The number of carboxylic acids is 1. The van der Waals surface area contributed by atoms with Crippen molar-refractivity contribution in [2.45, 2.75) is 13.3 Å². The van der Waals surface area contributed by atoms with Crippen molar-refractivity contribution in [2.75, 3.05) is 0 Å². The molecule has 0 saturated heterocycles. The first-order chi connectivity index (χ1) is 5.20. The normalized spacial score (nSPS) is 12.8. The van der Waals surface area contributed by atoms with Gasteiger partial charge in [-0.15, -0.1) is 11.3 Å². The van der Waals surface area contributed by atoms with E-state index in [1.807, 2.05) is 17.5 Å². The van der Waals surface area contributed by atoms with Gasteiger partial charge < -0.3 is 5.11 Å². The van der Waals surface area contributed by atoms with Crippen LogP contribution in [0.4, 0.5) is 0 Å². The lowest BCUT2D eigenvalue weighted by Crippen LogP contribution is -2.11. The predicted octanol–water partition coefficient (Wildman–Crippen LogP) is 2.01. The molecule has 0 aromatic carbocycles. The fraction of sp³-hybridized carbons (Fsp3) is 0.375. The zero-order valence-electron chi connectivity index (χ0n) is 6.28. The van der Waals surface area contributed by atoms with Crippen molar-refractivity contribution < 1.29 is 9.90 Å². The standard InChI is InChI=1S/C8H10O2S/c1-6(8(9)10)5-7-3-2-4-11-7/h2-4,6H,5H2,1H3,(H,9,10). The van der Waals surface area contributed by atoms with Crippen LogP contribution in [-0.4, -0.2) is 11.1 Å². The Morgan fingerprint density at radius 3 is 3.00 bits per heavy atom. The largest absolute Gasteiger partial charge is 0.481 e. The van der Waals surface area contributed by atoms with E-state index >= 15 is 0 Å². The van der Waals surface area contributed by atoms with Crippen molar-refractivity contribution in [2.24, 2.45) is 5.92 Å². The molecule has 0 saturated carbocycles. The summed E-state index contributed by atoms with van der Waals surface area (Å²) in [6.45, 7) is 1.72. The van der Waals surface area contributed by atoms with Gasteiger partial charge in [0, 0.05) is 4.88 Å². The predicted molar refractivity (Wildman–Crippen MR) is 44.8 cm³/mol. The number of hydrogen-bond acceptors (Lipinski definition) is 2. The van der Waals surface area contributed by atoms with Crippen LogP contribution < -0.4 is 0 Å². The van der Waals surface area contributed by atoms with E-state index in [9.17, 15) is 4.79 Å². The number of thiophene rings is 1. The third-order valence-corrected chi connectivity index (χ3v) is 2.41. The van der Waals surface area contributed by atoms with Gasteiger partial charge in [-0.3, -0.25) is 4.79 Å². The molecule has 60 valence electrons. The third kappa shape index (κ3) is 2.35. The lowest BCUT2D eigenvalue weighted by Gasteiger charge is -2.01. The molecule has 1 unspecified atom stereocenters. The molecule has 0 spiro atoms. The van der Waals surface area contributed by atoms with Crippen molar-refractivity contribution in [1.29, 1.82) is 0 Å². The molecule has 1 atom stereocenters. The molecule has 2 nitrogen and oxygen atoms in total. The highest BCUT2D eigenvalue weighted by atomic mass is 32.1. The fourth-order valence-electron chi connectivity index (χ4n) is 0.818. The van der Waals surface area contributed by atoms with Crippen molar-refractivity contribution in [3.8, 4) is 0 Å². The van der Waals surface area contributed by atoms with Gasteiger partial charge in [0.05, 0.1) is 5.92 Å². The van der Waals surface area contributed by atoms with Gasteiger partial charge in [-0.2, -0.15) is 0 Å². The number of hydrogen-bond donors (Lipinski definition) is 1. The smallest absolute Gasteiger partial charge is 0.306 e. The van der Waals surface area contributed by atoms with Crippen molar-refractivity contribution in [3.05, 3.63) is 22.4 Å². The first kappa shape index (κ1) is 8.27. The highest BCUT2D eigenvalue weighted by molar-refractivity contribution is 7.09. The maximum Gasteiger partial charge on any atom is 0.306 e. The Morgan fingerprint density at radius 2 is 2.55 bits per heavy atom. The van der Waals surface area contributed by atoms with Crippen LogP contribution in [-0.2, 0) is 11.2 Å². The summed E-state index contributed by atoms with van der Waals surface area (Å²) in [5.41, 5.74) is 0. The molecule has 0 aliphatic carbocycles. The molecule has 11 heavy (non-hydrogen) atoms. The molecule has 1 N–H and O–H groups in total. The van der Waals surface area contributed by atoms with Crippen molar-refractivity contribution in [3.63, 3.8) is 0 Å². The van der Waals surface area contributed by atoms with E-state index in [1.54, 1.807) is 18.3 Å². The van der Waals surface area contributed by atoms with Crippen LogP contribution in [0.3, 0.4) is 0 Å². The second-order valence-corrected chi connectivity index (χ2v) is 3.56. The van der Waals surface area contributed by atoms with E-state index in [4.69, 9.17) is 5.11 Å². The highest BCUT2D eigenvalue weighted by Gasteiger charge is 2.11. The minimum Gasteiger partial charge on any atom is -0.481 e. The second-order valence-electron chi connectivity index (χ2n) is 2.52. The summed E-state index contributed by atoms with van der Waals surface area (Å²) in [5, 5.41) is 10.5. The Kier molecular flexibility index (Phi) is 2.65. The summed E-state index contributed by atoms with van der Waals surface area (Å²) in [7, 11) is 0. The molecule has 0 fully saturated rings. The molecule has 3 heteroatoms. The molecular formula is C8H10O2S. The minimum absolute atomic E-state index is 0.270. The number of carbonyl (C=O) groups is 1. The van der Waals surface area contributed by atoms with Crippen molar-refractivity contribution >= 4 is 17.3 Å². The van der Waals surface area contributed by atoms with E-state index in [0.717, 1.165) is 4.88 Å². The van der Waals surface area contributed by atoms with Gasteiger partial charge >= 0.3 is 5.97 Å². The lowest BCUT2D eigenvalue weighted by atomic mass is 10.1. The molecule has 1 heterocycles. The monoisotopic (exact) mass is 170 g/mol. The van der Waals surface area contributed by atoms with E-state index in [1.165, 1.54) is 0 Å². The van der Waals surface area contributed by atoms with E-state index in [0.29, 0.717) is 6.42 Å². The summed E-state index contributed by atoms with van der Waals surface area (Å²) in [6.07, 6.45) is 0.646. The van der Waals surface area contributed by atoms with Crippen LogP contribution in [0.15, 0.2) is 17.5 Å². The Hall–Kier alpha value is -0.830. The topological polar surface area (TPSA) is 37.3 Å². The van der Waals surface area contributed by atoms with Gasteiger partial charge in [0.25, 0.3) is 0 Å². The summed E-state index contributed by atoms with van der Waals surface area (Å²) < 4.78 is 0. The average Bonchev–Trinajstić information content (AvgIpc) is 2.39. The molecule has 1 aromatic heterocycles. The molecular weight excluding hydrogens is 160 g/mol. The van der Waals surface area contributed by atoms with E-state index in [2.05, 4.69) is 0 Å². The number of carboxylic acid groups (broad SMARTS) is 1. The Morgan fingerprint density at radius 1 is 1.82 bits per heavy atom. The summed E-state index contributed by atoms with van der Waals surface area (Å²) in [5.74, 6) is -0.993. The quantitative estimate of drug-likeness (QED) is 0.753. The molecule has 1 rings (SSSR count).